The molecule has 1 aromatic rings. The van der Waals surface area contributed by atoms with Crippen molar-refractivity contribution in [3.05, 3.63) is 30.1 Å². The van der Waals surface area contributed by atoms with E-state index in [0.29, 0.717) is 24.8 Å². The summed E-state index contributed by atoms with van der Waals surface area (Å²) in [5.74, 6) is 1.08. The SMILES string of the molecule is CC(C)OC=O.CC=N/C=C\C(=C/C)c1noc(COC2CCN(C)CC2)n1. The maximum Gasteiger partial charge on any atom is 0.293 e. The average molecular weight is 393 g/mol. The van der Waals surface area contributed by atoms with Gasteiger partial charge < -0.3 is 18.9 Å². The minimum atomic E-state index is 0.0301. The standard InChI is InChI=1S/C16H24N4O2.C4H8O2/c1-4-13(6-9-17-5-2)16-18-15(22-19-16)12-21-14-7-10-20(3)11-8-14;1-4(2)6-3-5/h4-6,9,14H,7-8,10-12H2,1-3H3;3-4H,1-2H3/b9-6-,13-4+,17-5?;. The van der Waals surface area contributed by atoms with Gasteiger partial charge in [0.2, 0.25) is 5.82 Å². The second kappa shape index (κ2) is 13.8. The van der Waals surface area contributed by atoms with Crippen LogP contribution in [0.5, 0.6) is 0 Å². The van der Waals surface area contributed by atoms with Crippen LogP contribution in [0.4, 0.5) is 0 Å². The zero-order valence-electron chi connectivity index (χ0n) is 17.5. The van der Waals surface area contributed by atoms with E-state index in [1.807, 2.05) is 26.0 Å². The monoisotopic (exact) mass is 392 g/mol. The van der Waals surface area contributed by atoms with E-state index in [-0.39, 0.29) is 12.2 Å². The van der Waals surface area contributed by atoms with Crippen molar-refractivity contribution in [2.45, 2.75) is 59.4 Å². The van der Waals surface area contributed by atoms with Crippen LogP contribution in [0, 0.1) is 0 Å². The van der Waals surface area contributed by atoms with Crippen molar-refractivity contribution in [3.8, 4) is 0 Å². The molecule has 0 aromatic carbocycles. The molecule has 0 unspecified atom stereocenters. The molecule has 0 spiro atoms. The zero-order chi connectivity index (χ0) is 20.8. The van der Waals surface area contributed by atoms with Crippen molar-refractivity contribution in [1.29, 1.82) is 0 Å². The molecule has 1 aliphatic rings. The maximum atomic E-state index is 9.39. The van der Waals surface area contributed by atoms with Crippen LogP contribution in [0.15, 0.2) is 27.9 Å². The third-order valence-corrected chi connectivity index (χ3v) is 3.96. The van der Waals surface area contributed by atoms with Crippen molar-refractivity contribution in [3.63, 3.8) is 0 Å². The van der Waals surface area contributed by atoms with Crippen LogP contribution in [-0.4, -0.2) is 60.1 Å². The lowest BCUT2D eigenvalue weighted by Gasteiger charge is -2.28. The second-order valence-electron chi connectivity index (χ2n) is 6.57. The molecule has 1 aromatic heterocycles. The summed E-state index contributed by atoms with van der Waals surface area (Å²) >= 11 is 0. The highest BCUT2D eigenvalue weighted by atomic mass is 16.5. The normalized spacial score (nSPS) is 16.6. The molecule has 0 saturated carbocycles. The zero-order valence-corrected chi connectivity index (χ0v) is 17.5. The summed E-state index contributed by atoms with van der Waals surface area (Å²) < 4.78 is 15.5. The smallest absolute Gasteiger partial charge is 0.293 e. The van der Waals surface area contributed by atoms with Crippen molar-refractivity contribution in [2.75, 3.05) is 20.1 Å². The highest BCUT2D eigenvalue weighted by molar-refractivity contribution is 5.69. The molecule has 0 bridgehead atoms. The van der Waals surface area contributed by atoms with Gasteiger partial charge in [0.1, 0.15) is 6.61 Å². The molecule has 156 valence electrons. The Morgan fingerprint density at radius 1 is 1.36 bits per heavy atom. The summed E-state index contributed by atoms with van der Waals surface area (Å²) in [5, 5.41) is 4.00. The van der Waals surface area contributed by atoms with Crippen molar-refractivity contribution in [2.24, 2.45) is 4.99 Å². The van der Waals surface area contributed by atoms with Gasteiger partial charge in [-0.05, 0) is 53.7 Å². The van der Waals surface area contributed by atoms with E-state index >= 15 is 0 Å². The van der Waals surface area contributed by atoms with Crippen LogP contribution < -0.4 is 0 Å². The molecule has 0 atom stereocenters. The van der Waals surface area contributed by atoms with Crippen molar-refractivity contribution < 1.29 is 18.8 Å². The molecular weight excluding hydrogens is 360 g/mol. The Morgan fingerprint density at radius 3 is 2.61 bits per heavy atom. The molecule has 28 heavy (non-hydrogen) atoms. The molecule has 0 radical (unpaired) electrons. The van der Waals surface area contributed by atoms with Gasteiger partial charge in [0, 0.05) is 31.1 Å². The van der Waals surface area contributed by atoms with Gasteiger partial charge in [0.05, 0.1) is 12.2 Å². The highest BCUT2D eigenvalue weighted by Gasteiger charge is 2.18. The number of hydrogen-bond donors (Lipinski definition) is 0. The Bertz CT molecular complexity index is 644. The van der Waals surface area contributed by atoms with Gasteiger partial charge in [0.25, 0.3) is 12.4 Å². The number of likely N-dealkylation sites (tertiary alicyclic amines) is 1. The van der Waals surface area contributed by atoms with E-state index in [9.17, 15) is 4.79 Å². The fourth-order valence-corrected chi connectivity index (χ4v) is 2.39. The van der Waals surface area contributed by atoms with E-state index in [2.05, 4.69) is 31.8 Å². The lowest BCUT2D eigenvalue weighted by molar-refractivity contribution is -0.131. The fourth-order valence-electron chi connectivity index (χ4n) is 2.39. The third kappa shape index (κ3) is 9.57. The summed E-state index contributed by atoms with van der Waals surface area (Å²) in [6.07, 6.45) is 9.63. The Hall–Kier alpha value is -2.32. The number of piperidine rings is 1. The predicted octanol–water partition coefficient (Wildman–Crippen LogP) is 3.26. The van der Waals surface area contributed by atoms with Crippen LogP contribution in [-0.2, 0) is 20.9 Å². The molecule has 0 amide bonds. The lowest BCUT2D eigenvalue weighted by Crippen LogP contribution is -2.34. The lowest BCUT2D eigenvalue weighted by atomic mass is 10.1. The van der Waals surface area contributed by atoms with E-state index in [1.165, 1.54) is 0 Å². The third-order valence-electron chi connectivity index (χ3n) is 3.96. The molecule has 2 rings (SSSR count). The summed E-state index contributed by atoms with van der Waals surface area (Å²) in [6, 6.07) is 0. The molecule has 8 heteroatoms. The van der Waals surface area contributed by atoms with Gasteiger partial charge in [-0.15, -0.1) is 0 Å². The summed E-state index contributed by atoms with van der Waals surface area (Å²) in [6.45, 7) is 10.4. The van der Waals surface area contributed by atoms with E-state index < -0.39 is 0 Å². The quantitative estimate of drug-likeness (QED) is 0.381. The highest BCUT2D eigenvalue weighted by Crippen LogP contribution is 2.16. The number of allylic oxidation sites excluding steroid dienone is 3. The molecule has 0 N–H and O–H groups in total. The largest absolute Gasteiger partial charge is 0.465 e. The Morgan fingerprint density at radius 2 is 2.07 bits per heavy atom. The van der Waals surface area contributed by atoms with Gasteiger partial charge in [0.15, 0.2) is 0 Å². The van der Waals surface area contributed by atoms with Crippen LogP contribution >= 0.6 is 0 Å². The maximum absolute atomic E-state index is 9.39. The summed E-state index contributed by atoms with van der Waals surface area (Å²) in [5.41, 5.74) is 0.875. The van der Waals surface area contributed by atoms with Crippen LogP contribution in [0.25, 0.3) is 5.57 Å². The molecule has 1 saturated heterocycles. The minimum Gasteiger partial charge on any atom is -0.465 e. The second-order valence-corrected chi connectivity index (χ2v) is 6.57. The van der Waals surface area contributed by atoms with Gasteiger partial charge in [-0.1, -0.05) is 11.2 Å². The molecular formula is C20H32N4O4. The fraction of sp³-hybridized carbons (Fsp3) is 0.600. The number of ether oxygens (including phenoxy) is 2. The predicted molar refractivity (Wildman–Crippen MR) is 109 cm³/mol. The number of rotatable bonds is 8. The molecule has 8 nitrogen and oxygen atoms in total. The van der Waals surface area contributed by atoms with E-state index in [1.54, 1.807) is 26.3 Å². The number of hydrogen-bond acceptors (Lipinski definition) is 8. The molecule has 1 aliphatic heterocycles. The Labute approximate surface area is 167 Å². The first-order valence-corrected chi connectivity index (χ1v) is 9.53. The Balaban J connectivity index is 0.000000568. The van der Waals surface area contributed by atoms with Crippen LogP contribution in [0.1, 0.15) is 52.3 Å². The number of aromatic nitrogens is 2. The van der Waals surface area contributed by atoms with Gasteiger partial charge in [-0.3, -0.25) is 9.79 Å². The van der Waals surface area contributed by atoms with Crippen molar-refractivity contribution in [1.82, 2.24) is 15.0 Å². The summed E-state index contributed by atoms with van der Waals surface area (Å²) in [7, 11) is 2.13. The molecule has 0 aliphatic carbocycles. The van der Waals surface area contributed by atoms with Crippen LogP contribution in [0.3, 0.4) is 0 Å². The Kier molecular flexibility index (Phi) is 11.7. The molecule has 2 heterocycles. The number of carbonyl (C=O) groups is 1. The van der Waals surface area contributed by atoms with Gasteiger partial charge >= 0.3 is 0 Å². The van der Waals surface area contributed by atoms with Gasteiger partial charge in [-0.2, -0.15) is 4.98 Å². The first-order valence-electron chi connectivity index (χ1n) is 9.53. The van der Waals surface area contributed by atoms with Crippen molar-refractivity contribution >= 4 is 18.3 Å². The number of carbonyl (C=O) groups excluding carboxylic acids is 1. The number of nitrogens with zero attached hydrogens (tertiary/aromatic N) is 4. The topological polar surface area (TPSA) is 90.0 Å². The summed E-state index contributed by atoms with van der Waals surface area (Å²) in [4.78, 5) is 20.1. The van der Waals surface area contributed by atoms with Gasteiger partial charge in [-0.25, -0.2) is 0 Å². The minimum absolute atomic E-state index is 0.0301. The average Bonchev–Trinajstić information content (AvgIpc) is 3.14. The molecule has 1 fully saturated rings. The van der Waals surface area contributed by atoms with E-state index in [4.69, 9.17) is 9.26 Å². The first kappa shape index (κ1) is 23.7. The first-order chi connectivity index (χ1) is 13.5. The van der Waals surface area contributed by atoms with Crippen LogP contribution in [0.2, 0.25) is 0 Å². The van der Waals surface area contributed by atoms with E-state index in [0.717, 1.165) is 31.5 Å². The number of aliphatic imine (C=N–C) groups is 1.